The number of rotatable bonds is 7. The number of carbonyl (C=O) groups excluding carboxylic acids is 2. The predicted molar refractivity (Wildman–Crippen MR) is 78.1 cm³/mol. The minimum Gasteiger partial charge on any atom is -0.476 e. The highest BCUT2D eigenvalue weighted by molar-refractivity contribution is 5.79. The Bertz CT molecular complexity index is 476. The van der Waals surface area contributed by atoms with E-state index >= 15 is 0 Å². The van der Waals surface area contributed by atoms with Crippen LogP contribution in [0.25, 0.3) is 0 Å². The summed E-state index contributed by atoms with van der Waals surface area (Å²) < 4.78 is 15.5. The van der Waals surface area contributed by atoms with Gasteiger partial charge in [0.25, 0.3) is 0 Å². The second-order valence-electron chi connectivity index (χ2n) is 4.96. The highest BCUT2D eigenvalue weighted by atomic mass is 16.6. The van der Waals surface area contributed by atoms with Crippen molar-refractivity contribution in [3.05, 3.63) is 29.8 Å². The first-order valence-corrected chi connectivity index (χ1v) is 6.99. The molecule has 5 nitrogen and oxygen atoms in total. The van der Waals surface area contributed by atoms with E-state index in [2.05, 4.69) is 0 Å². The van der Waals surface area contributed by atoms with E-state index in [1.807, 2.05) is 0 Å². The van der Waals surface area contributed by atoms with Crippen molar-refractivity contribution in [1.29, 1.82) is 0 Å². The molecule has 1 aromatic rings. The number of benzene rings is 1. The van der Waals surface area contributed by atoms with E-state index in [9.17, 15) is 9.59 Å². The van der Waals surface area contributed by atoms with Gasteiger partial charge >= 0.3 is 11.9 Å². The van der Waals surface area contributed by atoms with Gasteiger partial charge in [-0.3, -0.25) is 4.79 Å². The molecule has 0 amide bonds. The van der Waals surface area contributed by atoms with Gasteiger partial charge in [0.1, 0.15) is 5.75 Å². The van der Waals surface area contributed by atoms with Gasteiger partial charge < -0.3 is 14.2 Å². The van der Waals surface area contributed by atoms with E-state index < -0.39 is 11.6 Å². The summed E-state index contributed by atoms with van der Waals surface area (Å²) in [6, 6.07) is 6.98. The first kappa shape index (κ1) is 17.0. The van der Waals surface area contributed by atoms with Gasteiger partial charge in [-0.15, -0.1) is 0 Å². The number of hydrogen-bond donors (Lipinski definition) is 0. The maximum Gasteiger partial charge on any atom is 0.349 e. The number of hydrogen-bond acceptors (Lipinski definition) is 5. The molecule has 116 valence electrons. The molecule has 0 bridgehead atoms. The Balaban J connectivity index is 2.66. The zero-order valence-electron chi connectivity index (χ0n) is 13.0. The van der Waals surface area contributed by atoms with Crippen molar-refractivity contribution < 1.29 is 23.8 Å². The second-order valence-corrected chi connectivity index (χ2v) is 4.96. The van der Waals surface area contributed by atoms with E-state index in [1.54, 1.807) is 52.0 Å². The molecule has 0 aliphatic carbocycles. The average Bonchev–Trinajstić information content (AvgIpc) is 2.41. The van der Waals surface area contributed by atoms with Gasteiger partial charge in [0.2, 0.25) is 0 Å². The molecule has 1 aromatic carbocycles. The molecule has 0 aromatic heterocycles. The fraction of sp³-hybridized carbons (Fsp3) is 0.500. The maximum absolute atomic E-state index is 11.7. The average molecular weight is 294 g/mol. The van der Waals surface area contributed by atoms with E-state index in [0.717, 1.165) is 5.56 Å². The van der Waals surface area contributed by atoms with Crippen LogP contribution in [0.3, 0.4) is 0 Å². The third-order valence-electron chi connectivity index (χ3n) is 2.72. The molecule has 0 N–H and O–H groups in total. The fourth-order valence-corrected chi connectivity index (χ4v) is 1.70. The predicted octanol–water partition coefficient (Wildman–Crippen LogP) is 2.51. The first-order valence-electron chi connectivity index (χ1n) is 6.99. The molecule has 0 spiro atoms. The van der Waals surface area contributed by atoms with Crippen LogP contribution in [0.5, 0.6) is 5.75 Å². The van der Waals surface area contributed by atoms with Crippen LogP contribution in [0.15, 0.2) is 24.3 Å². The quantitative estimate of drug-likeness (QED) is 0.723. The molecule has 0 atom stereocenters. The molecular formula is C16H22O5. The van der Waals surface area contributed by atoms with Crippen molar-refractivity contribution in [3.8, 4) is 5.75 Å². The number of ether oxygens (including phenoxy) is 3. The van der Waals surface area contributed by atoms with E-state index in [4.69, 9.17) is 14.2 Å². The lowest BCUT2D eigenvalue weighted by atomic mass is 10.1. The van der Waals surface area contributed by atoms with Gasteiger partial charge in [-0.05, 0) is 45.4 Å². The normalized spacial score (nSPS) is 10.9. The molecule has 0 saturated heterocycles. The molecule has 21 heavy (non-hydrogen) atoms. The Kier molecular flexibility index (Phi) is 6.21. The maximum atomic E-state index is 11.7. The van der Waals surface area contributed by atoms with Crippen molar-refractivity contribution in [2.24, 2.45) is 0 Å². The number of carbonyl (C=O) groups is 2. The summed E-state index contributed by atoms with van der Waals surface area (Å²) in [5.74, 6) is -0.140. The minimum atomic E-state index is -1.06. The Hall–Kier alpha value is -2.04. The highest BCUT2D eigenvalue weighted by Gasteiger charge is 2.31. The van der Waals surface area contributed by atoms with Gasteiger partial charge in [0.15, 0.2) is 5.60 Å². The van der Waals surface area contributed by atoms with Gasteiger partial charge in [0, 0.05) is 0 Å². The van der Waals surface area contributed by atoms with E-state index in [0.29, 0.717) is 19.0 Å². The van der Waals surface area contributed by atoms with Crippen molar-refractivity contribution in [3.63, 3.8) is 0 Å². The summed E-state index contributed by atoms with van der Waals surface area (Å²) in [4.78, 5) is 23.1. The summed E-state index contributed by atoms with van der Waals surface area (Å²) in [5.41, 5.74) is -0.228. The van der Waals surface area contributed by atoms with Crippen LogP contribution in [0.2, 0.25) is 0 Å². The SMILES string of the molecule is CCOC(=O)Cc1ccc(OC(C)(C)C(=O)OCC)cc1. The van der Waals surface area contributed by atoms with E-state index in [1.165, 1.54) is 0 Å². The lowest BCUT2D eigenvalue weighted by Crippen LogP contribution is -2.39. The Morgan fingerprint density at radius 2 is 1.57 bits per heavy atom. The van der Waals surface area contributed by atoms with Crippen molar-refractivity contribution in [2.75, 3.05) is 13.2 Å². The number of esters is 2. The van der Waals surface area contributed by atoms with Gasteiger partial charge in [-0.1, -0.05) is 12.1 Å². The fourth-order valence-electron chi connectivity index (χ4n) is 1.70. The molecule has 0 saturated carbocycles. The smallest absolute Gasteiger partial charge is 0.349 e. The molecular weight excluding hydrogens is 272 g/mol. The Morgan fingerprint density at radius 1 is 1.00 bits per heavy atom. The molecule has 0 radical (unpaired) electrons. The summed E-state index contributed by atoms with van der Waals surface area (Å²) in [5, 5.41) is 0. The molecule has 0 heterocycles. The van der Waals surface area contributed by atoms with E-state index in [-0.39, 0.29) is 12.4 Å². The summed E-state index contributed by atoms with van der Waals surface area (Å²) >= 11 is 0. The van der Waals surface area contributed by atoms with Crippen LogP contribution in [0.4, 0.5) is 0 Å². The third kappa shape index (κ3) is 5.45. The van der Waals surface area contributed by atoms with Crippen molar-refractivity contribution in [1.82, 2.24) is 0 Å². The lowest BCUT2D eigenvalue weighted by Gasteiger charge is -2.24. The first-order chi connectivity index (χ1) is 9.89. The van der Waals surface area contributed by atoms with Crippen LogP contribution in [-0.2, 0) is 25.5 Å². The molecule has 5 heteroatoms. The zero-order chi connectivity index (χ0) is 15.9. The summed E-state index contributed by atoms with van der Waals surface area (Å²) in [6.07, 6.45) is 0.218. The third-order valence-corrected chi connectivity index (χ3v) is 2.72. The van der Waals surface area contributed by atoms with Crippen molar-refractivity contribution in [2.45, 2.75) is 39.7 Å². The lowest BCUT2D eigenvalue weighted by molar-refractivity contribution is -0.158. The van der Waals surface area contributed by atoms with Crippen LogP contribution >= 0.6 is 0 Å². The Labute approximate surface area is 125 Å². The molecule has 0 fully saturated rings. The summed E-state index contributed by atoms with van der Waals surface area (Å²) in [7, 11) is 0. The zero-order valence-corrected chi connectivity index (χ0v) is 13.0. The topological polar surface area (TPSA) is 61.8 Å². The summed E-state index contributed by atoms with van der Waals surface area (Å²) in [6.45, 7) is 7.50. The molecule has 0 aliphatic heterocycles. The van der Waals surface area contributed by atoms with Crippen LogP contribution in [-0.4, -0.2) is 30.8 Å². The molecule has 1 rings (SSSR count). The minimum absolute atomic E-state index is 0.218. The monoisotopic (exact) mass is 294 g/mol. The van der Waals surface area contributed by atoms with Gasteiger partial charge in [-0.2, -0.15) is 0 Å². The van der Waals surface area contributed by atoms with Crippen LogP contribution in [0, 0.1) is 0 Å². The second kappa shape index (κ2) is 7.67. The van der Waals surface area contributed by atoms with Gasteiger partial charge in [0.05, 0.1) is 19.6 Å². The molecule has 0 aliphatic rings. The highest BCUT2D eigenvalue weighted by Crippen LogP contribution is 2.20. The largest absolute Gasteiger partial charge is 0.476 e. The Morgan fingerprint density at radius 3 is 2.10 bits per heavy atom. The van der Waals surface area contributed by atoms with Gasteiger partial charge in [-0.25, -0.2) is 4.79 Å². The standard InChI is InChI=1S/C16H22O5/c1-5-19-14(17)11-12-7-9-13(10-8-12)21-16(3,4)15(18)20-6-2/h7-10H,5-6,11H2,1-4H3. The van der Waals surface area contributed by atoms with Crippen LogP contribution < -0.4 is 4.74 Å². The van der Waals surface area contributed by atoms with Crippen molar-refractivity contribution >= 4 is 11.9 Å². The van der Waals surface area contributed by atoms with Crippen LogP contribution in [0.1, 0.15) is 33.3 Å². The molecule has 0 unspecified atom stereocenters.